The molecule has 1 aliphatic rings. The van der Waals surface area contributed by atoms with Crippen LogP contribution in [0.25, 0.3) is 10.9 Å². The highest BCUT2D eigenvalue weighted by atomic mass is 33.1. The van der Waals surface area contributed by atoms with E-state index in [2.05, 4.69) is 4.57 Å². The summed E-state index contributed by atoms with van der Waals surface area (Å²) in [6.07, 6.45) is 2.16. The van der Waals surface area contributed by atoms with Crippen LogP contribution in [0.4, 0.5) is 4.79 Å². The van der Waals surface area contributed by atoms with Gasteiger partial charge in [-0.05, 0) is 17.9 Å². The third-order valence-electron chi connectivity index (χ3n) is 4.11. The zero-order valence-electron chi connectivity index (χ0n) is 12.3. The summed E-state index contributed by atoms with van der Waals surface area (Å²) in [6.45, 7) is 0.337. The lowest BCUT2D eigenvalue weighted by atomic mass is 9.97. The zero-order valence-corrected chi connectivity index (χ0v) is 13.9. The van der Waals surface area contributed by atoms with Crippen LogP contribution >= 0.6 is 21.6 Å². The van der Waals surface area contributed by atoms with Crippen molar-refractivity contribution < 1.29 is 14.7 Å². The second-order valence-electron chi connectivity index (χ2n) is 5.20. The van der Waals surface area contributed by atoms with Gasteiger partial charge in [0.15, 0.2) is 0 Å². The molecule has 1 unspecified atom stereocenters. The van der Waals surface area contributed by atoms with Crippen molar-refractivity contribution in [1.29, 1.82) is 0 Å². The Hall–Kier alpha value is -1.60. The number of aliphatic carboxylic acids is 1. The largest absolute Gasteiger partial charge is 0.480 e. The molecule has 0 bridgehead atoms. The van der Waals surface area contributed by atoms with Crippen molar-refractivity contribution in [2.24, 2.45) is 7.05 Å². The maximum Gasteiger partial charge on any atom is 0.326 e. The van der Waals surface area contributed by atoms with Gasteiger partial charge in [-0.2, -0.15) is 0 Å². The molecule has 1 amide bonds. The first-order chi connectivity index (χ1) is 10.5. The van der Waals surface area contributed by atoms with E-state index in [0.29, 0.717) is 13.0 Å². The van der Waals surface area contributed by atoms with Crippen molar-refractivity contribution in [3.05, 3.63) is 35.5 Å². The van der Waals surface area contributed by atoms with Gasteiger partial charge < -0.3 is 14.6 Å². The Bertz CT molecular complexity index is 757. The van der Waals surface area contributed by atoms with E-state index in [1.54, 1.807) is 0 Å². The number of fused-ring (bicyclic) bond motifs is 3. The van der Waals surface area contributed by atoms with Crippen molar-refractivity contribution in [3.8, 4) is 0 Å². The monoisotopic (exact) mass is 336 g/mol. The van der Waals surface area contributed by atoms with E-state index in [0.717, 1.165) is 33.0 Å². The number of para-hydroxylation sites is 1. The van der Waals surface area contributed by atoms with Crippen LogP contribution in [-0.4, -0.2) is 38.1 Å². The van der Waals surface area contributed by atoms with Gasteiger partial charge in [-0.3, -0.25) is 4.79 Å². The molecule has 5 nitrogen and oxygen atoms in total. The lowest BCUT2D eigenvalue weighted by Gasteiger charge is -2.33. The number of hydrogen-bond donors (Lipinski definition) is 1. The number of carboxylic acid groups (broad SMARTS) is 1. The summed E-state index contributed by atoms with van der Waals surface area (Å²) in [6, 6.07) is 7.16. The first kappa shape index (κ1) is 15.3. The molecule has 0 spiro atoms. The predicted octanol–water partition coefficient (Wildman–Crippen LogP) is 3.12. The summed E-state index contributed by atoms with van der Waals surface area (Å²) < 4.78 is 2.06. The van der Waals surface area contributed by atoms with Crippen molar-refractivity contribution in [3.63, 3.8) is 0 Å². The molecule has 7 heteroatoms. The van der Waals surface area contributed by atoms with Gasteiger partial charge in [-0.15, -0.1) is 0 Å². The van der Waals surface area contributed by atoms with Crippen LogP contribution in [0.15, 0.2) is 24.3 Å². The normalized spacial score (nSPS) is 17.5. The van der Waals surface area contributed by atoms with Crippen molar-refractivity contribution >= 4 is 43.7 Å². The molecule has 1 aromatic carbocycles. The van der Waals surface area contributed by atoms with Gasteiger partial charge in [0.1, 0.15) is 6.04 Å². The number of amides is 1. The van der Waals surface area contributed by atoms with E-state index in [1.807, 2.05) is 37.6 Å². The SMILES string of the molecule is CSSC(=O)N1Cc2c(c3ccccc3n2C)CC1C(=O)O. The fourth-order valence-corrected chi connectivity index (χ4v) is 4.21. The number of aromatic nitrogens is 1. The summed E-state index contributed by atoms with van der Waals surface area (Å²) in [5.74, 6) is -0.950. The summed E-state index contributed by atoms with van der Waals surface area (Å²) in [4.78, 5) is 25.3. The standard InChI is InChI=1S/C15H16N2O3S2/c1-16-11-6-4-3-5-9(11)10-7-12(14(18)19)17(8-13(10)16)15(20)22-21-2/h3-6,12H,7-8H2,1-2H3,(H,18,19). The number of benzene rings is 1. The molecule has 0 saturated heterocycles. The van der Waals surface area contributed by atoms with Gasteiger partial charge >= 0.3 is 5.97 Å². The Morgan fingerprint density at radius 2 is 2.05 bits per heavy atom. The van der Waals surface area contributed by atoms with Crippen LogP contribution in [0, 0.1) is 0 Å². The number of hydrogen-bond acceptors (Lipinski definition) is 4. The van der Waals surface area contributed by atoms with Crippen LogP contribution in [0.3, 0.4) is 0 Å². The first-order valence-corrected chi connectivity index (χ1v) is 9.39. The summed E-state index contributed by atoms with van der Waals surface area (Å²) in [5.41, 5.74) is 3.14. The fourth-order valence-electron chi connectivity index (χ4n) is 3.06. The molecule has 1 aromatic heterocycles. The minimum Gasteiger partial charge on any atom is -0.480 e. The topological polar surface area (TPSA) is 62.5 Å². The van der Waals surface area contributed by atoms with Gasteiger partial charge in [-0.25, -0.2) is 4.79 Å². The van der Waals surface area contributed by atoms with Crippen LogP contribution in [0.2, 0.25) is 0 Å². The minimum absolute atomic E-state index is 0.198. The van der Waals surface area contributed by atoms with Crippen LogP contribution in [0.1, 0.15) is 11.3 Å². The lowest BCUT2D eigenvalue weighted by Crippen LogP contribution is -2.47. The second kappa shape index (κ2) is 5.89. The molecular weight excluding hydrogens is 320 g/mol. The van der Waals surface area contributed by atoms with E-state index in [9.17, 15) is 14.7 Å². The number of nitrogens with zero attached hydrogens (tertiary/aromatic N) is 2. The van der Waals surface area contributed by atoms with Crippen LogP contribution < -0.4 is 0 Å². The Morgan fingerprint density at radius 3 is 2.73 bits per heavy atom. The van der Waals surface area contributed by atoms with Gasteiger partial charge in [-0.1, -0.05) is 29.0 Å². The Kier molecular flexibility index (Phi) is 4.10. The highest BCUT2D eigenvalue weighted by Crippen LogP contribution is 2.34. The highest BCUT2D eigenvalue weighted by Gasteiger charge is 2.37. The average Bonchev–Trinajstić information content (AvgIpc) is 2.79. The third-order valence-corrected chi connectivity index (χ3v) is 5.58. The maximum absolute atomic E-state index is 12.2. The molecule has 2 heterocycles. The number of carbonyl (C=O) groups excluding carboxylic acids is 1. The molecule has 3 rings (SSSR count). The Labute approximate surface area is 136 Å². The third kappa shape index (κ3) is 2.38. The number of aryl methyl sites for hydroxylation is 1. The number of carboxylic acids is 1. The highest BCUT2D eigenvalue weighted by molar-refractivity contribution is 8.81. The minimum atomic E-state index is -0.950. The zero-order chi connectivity index (χ0) is 15.9. The van der Waals surface area contributed by atoms with E-state index < -0.39 is 12.0 Å². The summed E-state index contributed by atoms with van der Waals surface area (Å²) >= 11 is 0. The maximum atomic E-state index is 12.2. The molecule has 22 heavy (non-hydrogen) atoms. The summed E-state index contributed by atoms with van der Waals surface area (Å²) in [7, 11) is 4.38. The van der Waals surface area contributed by atoms with Crippen LogP contribution in [-0.2, 0) is 24.8 Å². The van der Waals surface area contributed by atoms with E-state index in [4.69, 9.17) is 0 Å². The molecule has 0 fully saturated rings. The molecule has 2 aromatic rings. The molecule has 0 radical (unpaired) electrons. The predicted molar refractivity (Wildman–Crippen MR) is 90.1 cm³/mol. The van der Waals surface area contributed by atoms with E-state index in [1.165, 1.54) is 15.7 Å². The van der Waals surface area contributed by atoms with Crippen molar-refractivity contribution in [2.45, 2.75) is 19.0 Å². The molecule has 0 aliphatic carbocycles. The number of rotatable bonds is 2. The van der Waals surface area contributed by atoms with E-state index >= 15 is 0 Å². The Morgan fingerprint density at radius 1 is 1.32 bits per heavy atom. The van der Waals surface area contributed by atoms with Gasteiger partial charge in [0.2, 0.25) is 0 Å². The quantitative estimate of drug-likeness (QED) is 0.854. The smallest absolute Gasteiger partial charge is 0.326 e. The van der Waals surface area contributed by atoms with Gasteiger partial charge in [0, 0.05) is 40.9 Å². The lowest BCUT2D eigenvalue weighted by molar-refractivity contribution is -0.142. The second-order valence-corrected chi connectivity index (χ2v) is 7.55. The molecular formula is C15H16N2O3S2. The average molecular weight is 336 g/mol. The molecule has 1 atom stereocenters. The van der Waals surface area contributed by atoms with E-state index in [-0.39, 0.29) is 5.24 Å². The molecule has 1 aliphatic heterocycles. The fraction of sp³-hybridized carbons (Fsp3) is 0.333. The first-order valence-electron chi connectivity index (χ1n) is 6.83. The molecule has 1 N–H and O–H groups in total. The molecule has 0 saturated carbocycles. The Balaban J connectivity index is 2.10. The summed E-state index contributed by atoms with van der Waals surface area (Å²) in [5, 5.41) is 10.4. The van der Waals surface area contributed by atoms with Gasteiger partial charge in [0.05, 0.1) is 6.54 Å². The van der Waals surface area contributed by atoms with Crippen molar-refractivity contribution in [1.82, 2.24) is 9.47 Å². The molecule has 116 valence electrons. The van der Waals surface area contributed by atoms with Gasteiger partial charge in [0.25, 0.3) is 5.24 Å². The van der Waals surface area contributed by atoms with Crippen molar-refractivity contribution in [2.75, 3.05) is 6.26 Å². The number of carbonyl (C=O) groups is 2. The van der Waals surface area contributed by atoms with Crippen LogP contribution in [0.5, 0.6) is 0 Å².